The summed E-state index contributed by atoms with van der Waals surface area (Å²) in [6, 6.07) is 18.9. The monoisotopic (exact) mass is 318 g/mol. The average Bonchev–Trinajstić information content (AvgIpc) is 2.92. The topological polar surface area (TPSA) is 41.8 Å². The first kappa shape index (κ1) is 16.3. The van der Waals surface area contributed by atoms with Gasteiger partial charge in [0.15, 0.2) is 0 Å². The van der Waals surface area contributed by atoms with Crippen LogP contribution in [0.3, 0.4) is 0 Å². The van der Waals surface area contributed by atoms with Crippen LogP contribution in [0.25, 0.3) is 0 Å². The summed E-state index contributed by atoms with van der Waals surface area (Å²) in [5.41, 5.74) is 2.98. The fourth-order valence-corrected chi connectivity index (χ4v) is 2.91. The van der Waals surface area contributed by atoms with Gasteiger partial charge in [-0.15, -0.1) is 5.10 Å². The lowest BCUT2D eigenvalue weighted by atomic mass is 10.0. The van der Waals surface area contributed by atoms with Crippen molar-refractivity contribution in [3.63, 3.8) is 0 Å². The van der Waals surface area contributed by atoms with Crippen LogP contribution in [0, 0.1) is 0 Å². The van der Waals surface area contributed by atoms with Crippen molar-refractivity contribution in [2.75, 3.05) is 0 Å². The van der Waals surface area contributed by atoms with Crippen molar-refractivity contribution in [3.8, 4) is 0 Å². The van der Waals surface area contributed by atoms with Crippen LogP contribution in [-0.4, -0.2) is 17.2 Å². The summed E-state index contributed by atoms with van der Waals surface area (Å²) in [5, 5.41) is 8.84. The van der Waals surface area contributed by atoms with Crippen LogP contribution < -0.4 is 0 Å². The summed E-state index contributed by atoms with van der Waals surface area (Å²) >= 11 is 0. The summed E-state index contributed by atoms with van der Waals surface area (Å²) in [7, 11) is 0. The average molecular weight is 318 g/mol. The van der Waals surface area contributed by atoms with Crippen LogP contribution in [0.5, 0.6) is 0 Å². The van der Waals surface area contributed by atoms with E-state index in [-0.39, 0.29) is 5.78 Å². The van der Waals surface area contributed by atoms with E-state index in [0.717, 1.165) is 24.1 Å². The first-order valence-corrected chi connectivity index (χ1v) is 8.63. The van der Waals surface area contributed by atoms with E-state index in [1.165, 1.54) is 25.7 Å². The predicted molar refractivity (Wildman–Crippen MR) is 98.9 cm³/mol. The highest BCUT2D eigenvalue weighted by Gasteiger charge is 2.16. The maximum Gasteiger partial charge on any atom is 0.213 e. The normalized spacial score (nSPS) is 15.7. The summed E-state index contributed by atoms with van der Waals surface area (Å²) in [6.07, 6.45) is 6.84. The van der Waals surface area contributed by atoms with E-state index in [1.807, 2.05) is 60.7 Å². The number of Topliss-reactive ketones (excluding diaryl/α,β-unsaturated/α-hetero) is 1. The van der Waals surface area contributed by atoms with Crippen LogP contribution in [0.2, 0.25) is 0 Å². The third-order valence-corrected chi connectivity index (χ3v) is 4.27. The zero-order valence-corrected chi connectivity index (χ0v) is 13.8. The Balaban J connectivity index is 1.94. The van der Waals surface area contributed by atoms with Crippen molar-refractivity contribution < 1.29 is 4.79 Å². The molecule has 1 aliphatic carbocycles. The van der Waals surface area contributed by atoms with E-state index >= 15 is 0 Å². The van der Waals surface area contributed by atoms with Crippen molar-refractivity contribution >= 4 is 17.2 Å². The summed E-state index contributed by atoms with van der Waals surface area (Å²) in [4.78, 5) is 12.9. The van der Waals surface area contributed by atoms with Crippen molar-refractivity contribution in [2.45, 2.75) is 38.5 Å². The lowest BCUT2D eigenvalue weighted by Crippen LogP contribution is -2.16. The maximum atomic E-state index is 12.9. The van der Waals surface area contributed by atoms with Crippen molar-refractivity contribution in [2.24, 2.45) is 10.2 Å². The maximum absolute atomic E-state index is 12.9. The largest absolute Gasteiger partial charge is 0.287 e. The van der Waals surface area contributed by atoms with Gasteiger partial charge in [-0.2, -0.15) is 5.10 Å². The third-order valence-electron chi connectivity index (χ3n) is 4.27. The predicted octanol–water partition coefficient (Wildman–Crippen LogP) is 5.07. The number of carbonyl (C=O) groups is 1. The number of rotatable bonds is 4. The number of hydrogen-bond acceptors (Lipinski definition) is 3. The Hall–Kier alpha value is -2.55. The molecule has 3 heteroatoms. The van der Waals surface area contributed by atoms with E-state index in [2.05, 4.69) is 10.2 Å². The van der Waals surface area contributed by atoms with Crippen LogP contribution >= 0.6 is 0 Å². The number of ketones is 1. The molecule has 1 fully saturated rings. The molecule has 0 N–H and O–H groups in total. The molecule has 0 heterocycles. The molecule has 2 aromatic rings. The summed E-state index contributed by atoms with van der Waals surface area (Å²) < 4.78 is 0. The molecule has 0 spiro atoms. The number of benzene rings is 2. The lowest BCUT2D eigenvalue weighted by Gasteiger charge is -2.05. The molecule has 3 nitrogen and oxygen atoms in total. The molecule has 1 aliphatic rings. The third kappa shape index (κ3) is 4.25. The Morgan fingerprint density at radius 2 is 1.25 bits per heavy atom. The van der Waals surface area contributed by atoms with Crippen LogP contribution in [0.1, 0.15) is 54.4 Å². The molecule has 24 heavy (non-hydrogen) atoms. The molecule has 0 radical (unpaired) electrons. The van der Waals surface area contributed by atoms with E-state index in [0.29, 0.717) is 11.3 Å². The fraction of sp³-hybridized carbons (Fsp3) is 0.286. The van der Waals surface area contributed by atoms with Gasteiger partial charge in [0.25, 0.3) is 0 Å². The quantitative estimate of drug-likeness (QED) is 0.336. The van der Waals surface area contributed by atoms with Crippen molar-refractivity contribution in [1.29, 1.82) is 0 Å². The zero-order chi connectivity index (χ0) is 16.6. The number of hydrogen-bond donors (Lipinski definition) is 0. The summed E-state index contributed by atoms with van der Waals surface area (Å²) in [6.45, 7) is 0. The Morgan fingerprint density at radius 1 is 0.708 bits per heavy atom. The van der Waals surface area contributed by atoms with E-state index in [4.69, 9.17) is 0 Å². The van der Waals surface area contributed by atoms with Crippen LogP contribution in [0.4, 0.5) is 0 Å². The highest BCUT2D eigenvalue weighted by atomic mass is 16.1. The van der Waals surface area contributed by atoms with Gasteiger partial charge in [0.05, 0.1) is 0 Å². The molecule has 0 unspecified atom stereocenters. The van der Waals surface area contributed by atoms with Gasteiger partial charge in [0.2, 0.25) is 5.78 Å². The minimum Gasteiger partial charge on any atom is -0.287 e. The first-order valence-electron chi connectivity index (χ1n) is 8.63. The second-order valence-corrected chi connectivity index (χ2v) is 6.09. The van der Waals surface area contributed by atoms with Crippen LogP contribution in [-0.2, 0) is 0 Å². The van der Waals surface area contributed by atoms with Gasteiger partial charge in [-0.3, -0.25) is 4.79 Å². The molecule has 0 bridgehead atoms. The summed E-state index contributed by atoms with van der Waals surface area (Å²) in [5.74, 6) is -0.0835. The van der Waals surface area contributed by atoms with Gasteiger partial charge in [-0.05, 0) is 25.7 Å². The first-order chi connectivity index (χ1) is 11.8. The van der Waals surface area contributed by atoms with Gasteiger partial charge in [0.1, 0.15) is 5.71 Å². The molecule has 0 atom stereocenters. The number of carbonyl (C=O) groups excluding carboxylic acids is 1. The van der Waals surface area contributed by atoms with E-state index in [1.54, 1.807) is 0 Å². The zero-order valence-electron chi connectivity index (χ0n) is 13.8. The molecule has 1 saturated carbocycles. The number of nitrogens with zero attached hydrogens (tertiary/aromatic N) is 2. The van der Waals surface area contributed by atoms with Gasteiger partial charge < -0.3 is 0 Å². The van der Waals surface area contributed by atoms with Gasteiger partial charge in [0, 0.05) is 16.8 Å². The van der Waals surface area contributed by atoms with Gasteiger partial charge in [-0.1, -0.05) is 73.5 Å². The Labute approximate surface area is 143 Å². The van der Waals surface area contributed by atoms with Crippen molar-refractivity contribution in [1.82, 2.24) is 0 Å². The van der Waals surface area contributed by atoms with E-state index in [9.17, 15) is 4.79 Å². The molecule has 0 aromatic heterocycles. The highest BCUT2D eigenvalue weighted by Crippen LogP contribution is 2.16. The minimum atomic E-state index is -0.0835. The van der Waals surface area contributed by atoms with E-state index < -0.39 is 0 Å². The van der Waals surface area contributed by atoms with Crippen molar-refractivity contribution in [3.05, 3.63) is 71.8 Å². The molecule has 0 aliphatic heterocycles. The van der Waals surface area contributed by atoms with Gasteiger partial charge in [-0.25, -0.2) is 0 Å². The molecular formula is C21H22N2O. The minimum absolute atomic E-state index is 0.0835. The second-order valence-electron chi connectivity index (χ2n) is 6.09. The lowest BCUT2D eigenvalue weighted by molar-refractivity contribution is 0.106. The molecule has 0 saturated heterocycles. The van der Waals surface area contributed by atoms with Crippen LogP contribution in [0.15, 0.2) is 70.9 Å². The Bertz CT molecular complexity index is 723. The Kier molecular flexibility index (Phi) is 5.67. The SMILES string of the molecule is O=C(C(=NN=C1CCCCCC1)c1ccccc1)c1ccccc1. The second kappa shape index (κ2) is 8.34. The fourth-order valence-electron chi connectivity index (χ4n) is 2.91. The van der Waals surface area contributed by atoms with Gasteiger partial charge >= 0.3 is 0 Å². The molecule has 2 aromatic carbocycles. The smallest absolute Gasteiger partial charge is 0.213 e. The molecule has 122 valence electrons. The standard InChI is InChI=1S/C21H22N2O/c24-21(18-13-7-4-8-14-18)20(17-11-5-3-6-12-17)23-22-19-15-9-1-2-10-16-19/h3-8,11-14H,1-2,9-10,15-16H2. The highest BCUT2D eigenvalue weighted by molar-refractivity contribution is 6.51. The molecule has 0 amide bonds. The molecule has 3 rings (SSSR count). The molecular weight excluding hydrogens is 296 g/mol. The Morgan fingerprint density at radius 3 is 1.83 bits per heavy atom.